The summed E-state index contributed by atoms with van der Waals surface area (Å²) in [5.41, 5.74) is -1.43. The summed E-state index contributed by atoms with van der Waals surface area (Å²) in [5, 5.41) is 20.6. The van der Waals surface area contributed by atoms with E-state index in [1.807, 2.05) is 6.92 Å². The lowest BCUT2D eigenvalue weighted by atomic mass is 9.44. The van der Waals surface area contributed by atoms with Crippen LogP contribution in [0.25, 0.3) is 0 Å². The van der Waals surface area contributed by atoms with Crippen molar-refractivity contribution in [3.05, 3.63) is 12.7 Å². The zero-order valence-electron chi connectivity index (χ0n) is 17.0. The summed E-state index contributed by atoms with van der Waals surface area (Å²) >= 11 is 0. The maximum atomic E-state index is 13.1. The van der Waals surface area contributed by atoms with E-state index in [9.17, 15) is 19.8 Å². The number of aliphatic hydroxyl groups is 2. The summed E-state index contributed by atoms with van der Waals surface area (Å²) in [7, 11) is 0. The maximum Gasteiger partial charge on any atom is 0.332 e. The highest BCUT2D eigenvalue weighted by Gasteiger charge is 2.68. The Hall–Kier alpha value is -1.20. The van der Waals surface area contributed by atoms with Gasteiger partial charge in [0.1, 0.15) is 18.5 Å². The van der Waals surface area contributed by atoms with Crippen LogP contribution >= 0.6 is 0 Å². The first-order valence-electron chi connectivity index (χ1n) is 10.2. The zero-order valence-corrected chi connectivity index (χ0v) is 17.0. The molecular weight excluding hydrogens is 344 g/mol. The first-order chi connectivity index (χ1) is 12.6. The third kappa shape index (κ3) is 2.72. The molecule has 3 saturated carbocycles. The molecule has 5 nitrogen and oxygen atoms in total. The van der Waals surface area contributed by atoms with Gasteiger partial charge in [-0.3, -0.25) is 4.79 Å². The molecule has 0 radical (unpaired) electrons. The van der Waals surface area contributed by atoms with Crippen molar-refractivity contribution in [1.82, 2.24) is 0 Å². The van der Waals surface area contributed by atoms with Crippen LogP contribution in [0.5, 0.6) is 0 Å². The number of hydrogen-bond acceptors (Lipinski definition) is 5. The van der Waals surface area contributed by atoms with Crippen LogP contribution in [0, 0.1) is 34.0 Å². The molecule has 3 aliphatic rings. The van der Waals surface area contributed by atoms with Crippen molar-refractivity contribution < 1.29 is 24.5 Å². The van der Waals surface area contributed by atoms with Crippen LogP contribution in [0.4, 0.5) is 0 Å². The van der Waals surface area contributed by atoms with E-state index in [4.69, 9.17) is 4.74 Å². The first-order valence-corrected chi connectivity index (χ1v) is 10.2. The molecule has 8 atom stereocenters. The van der Waals surface area contributed by atoms with Crippen molar-refractivity contribution in [2.45, 2.75) is 72.0 Å². The third-order valence-corrected chi connectivity index (χ3v) is 8.70. The summed E-state index contributed by atoms with van der Waals surface area (Å²) in [5.74, 6) is -0.520. The largest absolute Gasteiger partial charge is 0.460 e. The molecule has 2 bridgehead atoms. The molecule has 0 saturated heterocycles. The summed E-state index contributed by atoms with van der Waals surface area (Å²) in [6, 6.07) is 0. The number of carbonyl (C=O) groups excluding carboxylic acids is 2. The second-order valence-electron chi connectivity index (χ2n) is 9.72. The lowest BCUT2D eigenvalue weighted by Crippen LogP contribution is -2.63. The molecule has 0 amide bonds. The number of rotatable bonds is 3. The number of esters is 1. The zero-order chi connectivity index (χ0) is 20.2. The van der Waals surface area contributed by atoms with Crippen LogP contribution in [0.1, 0.15) is 59.8 Å². The van der Waals surface area contributed by atoms with E-state index in [-0.39, 0.29) is 29.0 Å². The van der Waals surface area contributed by atoms with E-state index in [1.165, 1.54) is 0 Å². The summed E-state index contributed by atoms with van der Waals surface area (Å²) in [4.78, 5) is 25.2. The molecule has 2 N–H and O–H groups in total. The lowest BCUT2D eigenvalue weighted by molar-refractivity contribution is -0.207. The minimum Gasteiger partial charge on any atom is -0.460 e. The number of carbonyl (C=O) groups is 2. The molecule has 0 aromatic rings. The summed E-state index contributed by atoms with van der Waals surface area (Å²) in [6.07, 6.45) is 4.10. The van der Waals surface area contributed by atoms with Gasteiger partial charge in [-0.15, -0.1) is 6.58 Å². The second-order valence-corrected chi connectivity index (χ2v) is 9.72. The van der Waals surface area contributed by atoms with Crippen LogP contribution in [0.2, 0.25) is 0 Å². The Morgan fingerprint density at radius 1 is 1.33 bits per heavy atom. The summed E-state index contributed by atoms with van der Waals surface area (Å²) in [6.45, 7) is 11.5. The van der Waals surface area contributed by atoms with E-state index >= 15 is 0 Å². The predicted molar refractivity (Wildman–Crippen MR) is 102 cm³/mol. The van der Waals surface area contributed by atoms with Crippen molar-refractivity contribution in [1.29, 1.82) is 0 Å². The smallest absolute Gasteiger partial charge is 0.332 e. The number of ether oxygens (including phenoxy) is 1. The van der Waals surface area contributed by atoms with Crippen LogP contribution in [0.3, 0.4) is 0 Å². The standard InChI is InChI=1S/C22H34O5/c1-6-20(4)11-16(27-17(25)12-23)21(5)13(2)7-9-22(14(3)19(20)26)10-8-15(24)18(21)22/h6,13-14,16,18-19,23,26H,1,7-12H2,2-5H3/t13?,14-,16-,18?,19?,20?,21?,22?/m0/s1. The minimum absolute atomic E-state index is 0.0433. The highest BCUT2D eigenvalue weighted by molar-refractivity contribution is 5.85. The van der Waals surface area contributed by atoms with Gasteiger partial charge < -0.3 is 14.9 Å². The number of hydrogen-bond donors (Lipinski definition) is 2. The molecule has 6 unspecified atom stereocenters. The van der Waals surface area contributed by atoms with Gasteiger partial charge in [0.25, 0.3) is 0 Å². The van der Waals surface area contributed by atoms with Gasteiger partial charge in [-0.05, 0) is 42.9 Å². The Balaban J connectivity index is 2.21. The Morgan fingerprint density at radius 3 is 2.59 bits per heavy atom. The SMILES string of the molecule is C=CC1(C)C[C@H](OC(=O)CO)C2(C)C(C)CCC3(CCC(=O)C32)[C@@H](C)C1O. The van der Waals surface area contributed by atoms with Gasteiger partial charge in [-0.25, -0.2) is 4.79 Å². The van der Waals surface area contributed by atoms with E-state index in [2.05, 4.69) is 27.4 Å². The predicted octanol–water partition coefficient (Wildman–Crippen LogP) is 2.89. The van der Waals surface area contributed by atoms with Crippen LogP contribution < -0.4 is 0 Å². The van der Waals surface area contributed by atoms with Crippen LogP contribution in [-0.4, -0.2) is 40.8 Å². The van der Waals surface area contributed by atoms with Crippen molar-refractivity contribution in [3.8, 4) is 0 Å². The van der Waals surface area contributed by atoms with Crippen molar-refractivity contribution in [2.24, 2.45) is 34.0 Å². The molecule has 152 valence electrons. The van der Waals surface area contributed by atoms with Gasteiger partial charge in [0.2, 0.25) is 0 Å². The average Bonchev–Trinajstić information content (AvgIpc) is 3.00. The Kier molecular flexibility index (Phi) is 5.09. The molecule has 3 aliphatic carbocycles. The number of Topliss-reactive ketones (excluding diaryl/α,β-unsaturated/α-hetero) is 1. The van der Waals surface area contributed by atoms with E-state index < -0.39 is 35.6 Å². The quantitative estimate of drug-likeness (QED) is 0.583. The Morgan fingerprint density at radius 2 is 2.00 bits per heavy atom. The molecule has 0 aromatic carbocycles. The minimum atomic E-state index is -0.686. The van der Waals surface area contributed by atoms with Gasteiger partial charge in [0, 0.05) is 23.2 Å². The Labute approximate surface area is 162 Å². The third-order valence-electron chi connectivity index (χ3n) is 8.70. The van der Waals surface area contributed by atoms with E-state index in [0.29, 0.717) is 12.8 Å². The molecule has 0 aliphatic heterocycles. The molecule has 3 fully saturated rings. The fourth-order valence-electron chi connectivity index (χ4n) is 6.70. The highest BCUT2D eigenvalue weighted by Crippen LogP contribution is 2.67. The fourth-order valence-corrected chi connectivity index (χ4v) is 6.70. The van der Waals surface area contributed by atoms with Crippen molar-refractivity contribution in [3.63, 3.8) is 0 Å². The lowest BCUT2D eigenvalue weighted by Gasteiger charge is -2.61. The average molecular weight is 379 g/mol. The second kappa shape index (κ2) is 6.70. The molecule has 0 spiro atoms. The van der Waals surface area contributed by atoms with Gasteiger partial charge >= 0.3 is 5.97 Å². The van der Waals surface area contributed by atoms with E-state index in [1.54, 1.807) is 6.08 Å². The fraction of sp³-hybridized carbons (Fsp3) is 0.818. The Bertz CT molecular complexity index is 645. The topological polar surface area (TPSA) is 83.8 Å². The number of aliphatic hydroxyl groups excluding tert-OH is 2. The molecular formula is C22H34O5. The molecule has 27 heavy (non-hydrogen) atoms. The molecule has 5 heteroatoms. The van der Waals surface area contributed by atoms with E-state index in [0.717, 1.165) is 19.3 Å². The van der Waals surface area contributed by atoms with Crippen molar-refractivity contribution >= 4 is 11.8 Å². The van der Waals surface area contributed by atoms with Crippen LogP contribution in [-0.2, 0) is 14.3 Å². The van der Waals surface area contributed by atoms with Gasteiger partial charge in [-0.2, -0.15) is 0 Å². The maximum absolute atomic E-state index is 13.1. The summed E-state index contributed by atoms with van der Waals surface area (Å²) < 4.78 is 5.77. The normalized spacial score (nSPS) is 49.7. The van der Waals surface area contributed by atoms with Crippen molar-refractivity contribution in [2.75, 3.05) is 6.61 Å². The first kappa shape index (κ1) is 20.5. The monoisotopic (exact) mass is 378 g/mol. The molecule has 0 heterocycles. The molecule has 3 rings (SSSR count). The van der Waals surface area contributed by atoms with Gasteiger partial charge in [0.15, 0.2) is 0 Å². The van der Waals surface area contributed by atoms with Gasteiger partial charge in [0.05, 0.1) is 6.10 Å². The van der Waals surface area contributed by atoms with Crippen LogP contribution in [0.15, 0.2) is 12.7 Å². The van der Waals surface area contributed by atoms with Gasteiger partial charge in [-0.1, -0.05) is 33.8 Å². The molecule has 0 aromatic heterocycles. The number of ketones is 1. The highest BCUT2D eigenvalue weighted by atomic mass is 16.6.